The molecular formula is C10H16N2O2. The molecule has 0 aromatic heterocycles. The molecule has 0 saturated carbocycles. The Hall–Kier alpha value is -1.05. The summed E-state index contributed by atoms with van der Waals surface area (Å²) in [5, 5.41) is 8.29. The highest BCUT2D eigenvalue weighted by molar-refractivity contribution is 5.86. The second kappa shape index (κ2) is 5.63. The summed E-state index contributed by atoms with van der Waals surface area (Å²) in [6.07, 6.45) is 0.649. The summed E-state index contributed by atoms with van der Waals surface area (Å²) in [5.74, 6) is 3.72. The smallest absolute Gasteiger partial charge is 0.381 e. The van der Waals surface area contributed by atoms with Crippen LogP contribution in [-0.2, 0) is 4.79 Å². The fourth-order valence-corrected chi connectivity index (χ4v) is 1.42. The van der Waals surface area contributed by atoms with Crippen LogP contribution in [0.25, 0.3) is 0 Å². The van der Waals surface area contributed by atoms with Gasteiger partial charge in [0, 0.05) is 45.1 Å². The monoisotopic (exact) mass is 196 g/mol. The zero-order chi connectivity index (χ0) is 10.4. The number of carboxylic acids is 1. The normalized spacial score (nSPS) is 18.6. The van der Waals surface area contributed by atoms with Crippen molar-refractivity contribution in [2.45, 2.75) is 6.42 Å². The van der Waals surface area contributed by atoms with Crippen molar-refractivity contribution < 1.29 is 9.90 Å². The van der Waals surface area contributed by atoms with E-state index in [9.17, 15) is 4.79 Å². The maximum absolute atomic E-state index is 10.1. The van der Waals surface area contributed by atoms with Gasteiger partial charge in [0.05, 0.1) is 0 Å². The third-order valence-corrected chi connectivity index (χ3v) is 2.34. The lowest BCUT2D eigenvalue weighted by atomic mass is 10.3. The average Bonchev–Trinajstić information content (AvgIpc) is 2.15. The van der Waals surface area contributed by atoms with Gasteiger partial charge in [0.15, 0.2) is 0 Å². The van der Waals surface area contributed by atoms with Crippen molar-refractivity contribution in [2.75, 3.05) is 39.8 Å². The largest absolute Gasteiger partial charge is 0.472 e. The second-order valence-corrected chi connectivity index (χ2v) is 3.50. The highest BCUT2D eigenvalue weighted by atomic mass is 16.4. The minimum absolute atomic E-state index is 0.649. The molecule has 14 heavy (non-hydrogen) atoms. The Morgan fingerprint density at radius 3 is 2.57 bits per heavy atom. The summed E-state index contributed by atoms with van der Waals surface area (Å²) >= 11 is 0. The van der Waals surface area contributed by atoms with Gasteiger partial charge in [-0.25, -0.2) is 4.79 Å². The van der Waals surface area contributed by atoms with Crippen LogP contribution >= 0.6 is 0 Å². The van der Waals surface area contributed by atoms with Crippen molar-refractivity contribution in [1.82, 2.24) is 9.80 Å². The SMILES string of the molecule is CN1CCN(CCC#CC(=O)O)CC1. The Kier molecular flexibility index (Phi) is 4.44. The van der Waals surface area contributed by atoms with Gasteiger partial charge in [-0.05, 0) is 7.05 Å². The molecule has 4 heteroatoms. The van der Waals surface area contributed by atoms with Gasteiger partial charge >= 0.3 is 5.97 Å². The van der Waals surface area contributed by atoms with Crippen LogP contribution in [0.15, 0.2) is 0 Å². The van der Waals surface area contributed by atoms with E-state index in [1.807, 2.05) is 0 Å². The van der Waals surface area contributed by atoms with E-state index in [1.54, 1.807) is 0 Å². The van der Waals surface area contributed by atoms with Gasteiger partial charge in [0.25, 0.3) is 0 Å². The molecule has 0 aromatic rings. The number of likely N-dealkylation sites (N-methyl/N-ethyl adjacent to an activating group) is 1. The Balaban J connectivity index is 2.14. The number of rotatable bonds is 2. The number of hydrogen-bond acceptors (Lipinski definition) is 3. The molecule has 1 rings (SSSR count). The fourth-order valence-electron chi connectivity index (χ4n) is 1.42. The van der Waals surface area contributed by atoms with Gasteiger partial charge in [0.2, 0.25) is 0 Å². The van der Waals surface area contributed by atoms with Gasteiger partial charge in [-0.1, -0.05) is 5.92 Å². The van der Waals surface area contributed by atoms with Crippen molar-refractivity contribution in [3.8, 4) is 11.8 Å². The molecule has 1 N–H and O–H groups in total. The van der Waals surface area contributed by atoms with Gasteiger partial charge in [-0.2, -0.15) is 0 Å². The standard InChI is InChI=1S/C10H16N2O2/c1-11-6-8-12(9-7-11)5-3-2-4-10(13)14/h3,5-9H2,1H3,(H,13,14). The van der Waals surface area contributed by atoms with Gasteiger partial charge in [-0.3, -0.25) is 4.90 Å². The van der Waals surface area contributed by atoms with Crippen LogP contribution in [0.3, 0.4) is 0 Å². The molecule has 0 unspecified atom stereocenters. The first-order chi connectivity index (χ1) is 6.68. The first-order valence-electron chi connectivity index (χ1n) is 4.81. The maximum Gasteiger partial charge on any atom is 0.381 e. The summed E-state index contributed by atoms with van der Waals surface area (Å²) in [6.45, 7) is 5.18. The lowest BCUT2D eigenvalue weighted by molar-refractivity contribution is -0.130. The first kappa shape index (κ1) is 11.0. The van der Waals surface area contributed by atoms with Gasteiger partial charge < -0.3 is 10.0 Å². The molecule has 0 aliphatic carbocycles. The number of carboxylic acid groups (broad SMARTS) is 1. The van der Waals surface area contributed by atoms with E-state index in [4.69, 9.17) is 5.11 Å². The Morgan fingerprint density at radius 1 is 1.36 bits per heavy atom. The minimum Gasteiger partial charge on any atom is -0.472 e. The number of piperazine rings is 1. The zero-order valence-corrected chi connectivity index (χ0v) is 8.49. The van der Waals surface area contributed by atoms with Crippen molar-refractivity contribution >= 4 is 5.97 Å². The van der Waals surface area contributed by atoms with Crippen LogP contribution in [-0.4, -0.2) is 60.6 Å². The number of hydrogen-bond donors (Lipinski definition) is 1. The van der Waals surface area contributed by atoms with Crippen LogP contribution in [0.5, 0.6) is 0 Å². The van der Waals surface area contributed by atoms with Crippen molar-refractivity contribution in [3.05, 3.63) is 0 Å². The number of aliphatic carboxylic acids is 1. The molecule has 1 saturated heterocycles. The van der Waals surface area contributed by atoms with Crippen LogP contribution in [0, 0.1) is 11.8 Å². The van der Waals surface area contributed by atoms with Gasteiger partial charge in [0.1, 0.15) is 0 Å². The third-order valence-electron chi connectivity index (χ3n) is 2.34. The van der Waals surface area contributed by atoms with Crippen LogP contribution in [0.4, 0.5) is 0 Å². The second-order valence-electron chi connectivity index (χ2n) is 3.50. The van der Waals surface area contributed by atoms with E-state index in [0.717, 1.165) is 32.7 Å². The van der Waals surface area contributed by atoms with Crippen molar-refractivity contribution in [2.24, 2.45) is 0 Å². The van der Waals surface area contributed by atoms with E-state index >= 15 is 0 Å². The summed E-state index contributed by atoms with van der Waals surface area (Å²) in [5.41, 5.74) is 0. The minimum atomic E-state index is -1.04. The third kappa shape index (κ3) is 4.26. The predicted molar refractivity (Wildman–Crippen MR) is 54.0 cm³/mol. The predicted octanol–water partition coefficient (Wildman–Crippen LogP) is -0.288. The molecule has 0 spiro atoms. The average molecular weight is 196 g/mol. The highest BCUT2D eigenvalue weighted by Gasteiger charge is 2.11. The van der Waals surface area contributed by atoms with E-state index in [-0.39, 0.29) is 0 Å². The fraction of sp³-hybridized carbons (Fsp3) is 0.700. The molecular weight excluding hydrogens is 180 g/mol. The molecule has 0 aromatic carbocycles. The number of nitrogens with zero attached hydrogens (tertiary/aromatic N) is 2. The van der Waals surface area contributed by atoms with E-state index in [2.05, 4.69) is 28.7 Å². The molecule has 0 amide bonds. The molecule has 1 aliphatic heterocycles. The lowest BCUT2D eigenvalue weighted by Gasteiger charge is -2.31. The molecule has 1 aliphatic rings. The summed E-state index contributed by atoms with van der Waals surface area (Å²) in [7, 11) is 2.11. The first-order valence-corrected chi connectivity index (χ1v) is 4.81. The topological polar surface area (TPSA) is 43.8 Å². The maximum atomic E-state index is 10.1. The van der Waals surface area contributed by atoms with Crippen molar-refractivity contribution in [3.63, 3.8) is 0 Å². The summed E-state index contributed by atoms with van der Waals surface area (Å²) in [4.78, 5) is 14.7. The molecule has 1 fully saturated rings. The van der Waals surface area contributed by atoms with Crippen molar-refractivity contribution in [1.29, 1.82) is 0 Å². The van der Waals surface area contributed by atoms with E-state index < -0.39 is 5.97 Å². The van der Waals surface area contributed by atoms with Gasteiger partial charge in [-0.15, -0.1) is 0 Å². The highest BCUT2D eigenvalue weighted by Crippen LogP contribution is 1.99. The number of carbonyl (C=O) groups is 1. The zero-order valence-electron chi connectivity index (χ0n) is 8.49. The van der Waals surface area contributed by atoms with E-state index in [0.29, 0.717) is 6.42 Å². The molecule has 0 atom stereocenters. The Morgan fingerprint density at radius 2 is 2.00 bits per heavy atom. The van der Waals surface area contributed by atoms with Crippen LogP contribution in [0.1, 0.15) is 6.42 Å². The Bertz CT molecular complexity index is 247. The Labute approximate surface area is 84.5 Å². The molecule has 4 nitrogen and oxygen atoms in total. The quantitative estimate of drug-likeness (QED) is 0.616. The lowest BCUT2D eigenvalue weighted by Crippen LogP contribution is -2.44. The summed E-state index contributed by atoms with van der Waals surface area (Å²) in [6, 6.07) is 0. The van der Waals surface area contributed by atoms with Crippen LogP contribution in [0.2, 0.25) is 0 Å². The molecule has 78 valence electrons. The molecule has 0 bridgehead atoms. The van der Waals surface area contributed by atoms with Crippen LogP contribution < -0.4 is 0 Å². The summed E-state index contributed by atoms with van der Waals surface area (Å²) < 4.78 is 0. The molecule has 0 radical (unpaired) electrons. The molecule has 1 heterocycles. The van der Waals surface area contributed by atoms with E-state index in [1.165, 1.54) is 0 Å².